The van der Waals surface area contributed by atoms with E-state index in [0.29, 0.717) is 19.5 Å². The van der Waals surface area contributed by atoms with Gasteiger partial charge in [0.25, 0.3) is 0 Å². The Labute approximate surface area is 166 Å². The van der Waals surface area contributed by atoms with Gasteiger partial charge in [0.05, 0.1) is 12.2 Å². The average molecular weight is 380 g/mol. The molecule has 0 aliphatic carbocycles. The lowest BCUT2D eigenvalue weighted by Crippen LogP contribution is -2.52. The van der Waals surface area contributed by atoms with E-state index in [4.69, 9.17) is 0 Å². The van der Waals surface area contributed by atoms with Gasteiger partial charge in [-0.1, -0.05) is 23.8 Å². The summed E-state index contributed by atoms with van der Waals surface area (Å²) >= 11 is 0. The zero-order valence-corrected chi connectivity index (χ0v) is 16.7. The second-order valence-corrected chi connectivity index (χ2v) is 7.93. The Bertz CT molecular complexity index is 818. The summed E-state index contributed by atoms with van der Waals surface area (Å²) in [6.07, 6.45) is 2.99. The van der Waals surface area contributed by atoms with Crippen LogP contribution < -0.4 is 10.6 Å². The topological polar surface area (TPSA) is 74.3 Å². The summed E-state index contributed by atoms with van der Waals surface area (Å²) in [4.78, 5) is 31.2. The number of amides is 2. The highest BCUT2D eigenvalue weighted by Gasteiger charge is 2.34. The van der Waals surface area contributed by atoms with Gasteiger partial charge in [-0.15, -0.1) is 0 Å². The van der Waals surface area contributed by atoms with Crippen molar-refractivity contribution in [2.75, 3.05) is 11.9 Å². The predicted octanol–water partition coefficient (Wildman–Crippen LogP) is 2.89. The maximum Gasteiger partial charge on any atom is 0.248 e. The Hall–Kier alpha value is -2.89. The second-order valence-electron chi connectivity index (χ2n) is 7.93. The molecule has 0 spiro atoms. The molecule has 0 unspecified atom stereocenters. The first kappa shape index (κ1) is 19.9. The van der Waals surface area contributed by atoms with Gasteiger partial charge in [0, 0.05) is 30.9 Å². The maximum absolute atomic E-state index is 13.4. The SMILES string of the molecule is Cc1ccc(NC(C)(C)C(=O)N(Cc2ccccn2)C[C@@H]2CCC(=O)N2)cc1. The molecule has 148 valence electrons. The molecule has 0 saturated carbocycles. The largest absolute Gasteiger partial charge is 0.372 e. The smallest absolute Gasteiger partial charge is 0.248 e. The Morgan fingerprint density at radius 1 is 1.25 bits per heavy atom. The third kappa shape index (κ3) is 5.09. The van der Waals surface area contributed by atoms with Gasteiger partial charge in [-0.05, 0) is 51.5 Å². The van der Waals surface area contributed by atoms with Gasteiger partial charge >= 0.3 is 0 Å². The summed E-state index contributed by atoms with van der Waals surface area (Å²) < 4.78 is 0. The van der Waals surface area contributed by atoms with Gasteiger partial charge in [-0.2, -0.15) is 0 Å². The molecule has 2 aromatic rings. The Balaban J connectivity index is 1.77. The van der Waals surface area contributed by atoms with Crippen LogP contribution >= 0.6 is 0 Å². The monoisotopic (exact) mass is 380 g/mol. The summed E-state index contributed by atoms with van der Waals surface area (Å²) in [6, 6.07) is 13.7. The first-order valence-corrected chi connectivity index (χ1v) is 9.67. The molecule has 2 amide bonds. The lowest BCUT2D eigenvalue weighted by molar-refractivity contribution is -0.136. The molecule has 1 aromatic carbocycles. The van der Waals surface area contributed by atoms with Crippen molar-refractivity contribution >= 4 is 17.5 Å². The van der Waals surface area contributed by atoms with E-state index in [2.05, 4.69) is 15.6 Å². The van der Waals surface area contributed by atoms with E-state index in [1.807, 2.05) is 63.2 Å². The fourth-order valence-electron chi connectivity index (χ4n) is 3.43. The van der Waals surface area contributed by atoms with Crippen LogP contribution in [-0.4, -0.2) is 39.8 Å². The molecular weight excluding hydrogens is 352 g/mol. The van der Waals surface area contributed by atoms with Crippen LogP contribution in [-0.2, 0) is 16.1 Å². The molecule has 1 aliphatic heterocycles. The molecule has 0 bridgehead atoms. The van der Waals surface area contributed by atoms with E-state index >= 15 is 0 Å². The number of nitrogens with zero attached hydrogens (tertiary/aromatic N) is 2. The average Bonchev–Trinajstić information content (AvgIpc) is 3.08. The van der Waals surface area contributed by atoms with E-state index in [-0.39, 0.29) is 17.9 Å². The number of aromatic nitrogens is 1. The zero-order chi connectivity index (χ0) is 20.1. The molecule has 6 nitrogen and oxygen atoms in total. The van der Waals surface area contributed by atoms with Crippen molar-refractivity contribution in [3.05, 3.63) is 59.9 Å². The number of hydrogen-bond donors (Lipinski definition) is 2. The van der Waals surface area contributed by atoms with Crippen LogP contribution in [0, 0.1) is 6.92 Å². The van der Waals surface area contributed by atoms with E-state index in [9.17, 15) is 9.59 Å². The minimum Gasteiger partial charge on any atom is -0.372 e. The fraction of sp³-hybridized carbons (Fsp3) is 0.409. The molecule has 3 rings (SSSR count). The van der Waals surface area contributed by atoms with Crippen LogP contribution in [0.15, 0.2) is 48.7 Å². The number of carbonyl (C=O) groups is 2. The van der Waals surface area contributed by atoms with Crippen molar-refractivity contribution in [1.29, 1.82) is 0 Å². The van der Waals surface area contributed by atoms with Gasteiger partial charge in [0.2, 0.25) is 11.8 Å². The fourth-order valence-corrected chi connectivity index (χ4v) is 3.43. The van der Waals surface area contributed by atoms with Crippen LogP contribution in [0.3, 0.4) is 0 Å². The molecule has 0 radical (unpaired) electrons. The summed E-state index contributed by atoms with van der Waals surface area (Å²) in [5.74, 6) is 0.0205. The first-order chi connectivity index (χ1) is 13.3. The zero-order valence-electron chi connectivity index (χ0n) is 16.7. The van der Waals surface area contributed by atoms with E-state index in [0.717, 1.165) is 17.8 Å². The molecule has 1 aromatic heterocycles. The minimum absolute atomic E-state index is 0.0182. The van der Waals surface area contributed by atoms with Crippen LogP contribution in [0.4, 0.5) is 5.69 Å². The van der Waals surface area contributed by atoms with Gasteiger partial charge in [0.15, 0.2) is 0 Å². The molecule has 2 heterocycles. The quantitative estimate of drug-likeness (QED) is 0.775. The highest BCUT2D eigenvalue weighted by molar-refractivity contribution is 5.88. The van der Waals surface area contributed by atoms with E-state index in [1.165, 1.54) is 5.56 Å². The minimum atomic E-state index is -0.799. The van der Waals surface area contributed by atoms with Crippen molar-refractivity contribution < 1.29 is 9.59 Å². The van der Waals surface area contributed by atoms with Crippen LogP contribution in [0.2, 0.25) is 0 Å². The summed E-state index contributed by atoms with van der Waals surface area (Å²) in [7, 11) is 0. The normalized spacial score (nSPS) is 16.5. The molecule has 2 N–H and O–H groups in total. The number of rotatable bonds is 7. The molecule has 28 heavy (non-hydrogen) atoms. The van der Waals surface area contributed by atoms with Crippen LogP contribution in [0.25, 0.3) is 0 Å². The maximum atomic E-state index is 13.4. The third-order valence-electron chi connectivity index (χ3n) is 4.94. The number of aryl methyl sites for hydroxylation is 1. The predicted molar refractivity (Wildman–Crippen MR) is 110 cm³/mol. The van der Waals surface area contributed by atoms with Gasteiger partial charge < -0.3 is 15.5 Å². The first-order valence-electron chi connectivity index (χ1n) is 9.67. The summed E-state index contributed by atoms with van der Waals surface area (Å²) in [6.45, 7) is 6.68. The summed E-state index contributed by atoms with van der Waals surface area (Å²) in [5, 5.41) is 6.30. The van der Waals surface area contributed by atoms with Gasteiger partial charge in [-0.25, -0.2) is 0 Å². The highest BCUT2D eigenvalue weighted by atomic mass is 16.2. The number of benzene rings is 1. The Morgan fingerprint density at radius 3 is 2.61 bits per heavy atom. The number of anilines is 1. The molecular formula is C22H28N4O2. The molecule has 1 atom stereocenters. The molecule has 1 aliphatic rings. The number of nitrogens with one attached hydrogen (secondary N) is 2. The molecule has 1 saturated heterocycles. The van der Waals surface area contributed by atoms with Crippen LogP contribution in [0.1, 0.15) is 37.9 Å². The van der Waals surface area contributed by atoms with E-state index < -0.39 is 5.54 Å². The van der Waals surface area contributed by atoms with Gasteiger partial charge in [0.1, 0.15) is 5.54 Å². The van der Waals surface area contributed by atoms with Crippen LogP contribution in [0.5, 0.6) is 0 Å². The van der Waals surface area contributed by atoms with Crippen molar-refractivity contribution in [3.8, 4) is 0 Å². The lowest BCUT2D eigenvalue weighted by Gasteiger charge is -2.34. The van der Waals surface area contributed by atoms with Crippen molar-refractivity contribution in [1.82, 2.24) is 15.2 Å². The number of pyridine rings is 1. The lowest BCUT2D eigenvalue weighted by atomic mass is 10.0. The Kier molecular flexibility index (Phi) is 5.97. The van der Waals surface area contributed by atoms with E-state index in [1.54, 1.807) is 11.1 Å². The number of carbonyl (C=O) groups excluding carboxylic acids is 2. The second kappa shape index (κ2) is 8.42. The number of hydrogen-bond acceptors (Lipinski definition) is 4. The van der Waals surface area contributed by atoms with Crippen molar-refractivity contribution in [2.45, 2.75) is 51.7 Å². The standard InChI is InChI=1S/C22H28N4O2/c1-16-7-9-17(10-8-16)25-22(2,3)21(28)26(14-18-6-4-5-13-23-18)15-19-11-12-20(27)24-19/h4-10,13,19,25H,11-12,14-15H2,1-3H3,(H,24,27)/t19-/m0/s1. The summed E-state index contributed by atoms with van der Waals surface area (Å²) in [5.41, 5.74) is 2.10. The highest BCUT2D eigenvalue weighted by Crippen LogP contribution is 2.20. The third-order valence-corrected chi connectivity index (χ3v) is 4.94. The van der Waals surface area contributed by atoms with Crippen molar-refractivity contribution in [2.24, 2.45) is 0 Å². The molecule has 1 fully saturated rings. The Morgan fingerprint density at radius 2 is 2.00 bits per heavy atom. The van der Waals surface area contributed by atoms with Crippen molar-refractivity contribution in [3.63, 3.8) is 0 Å². The molecule has 6 heteroatoms. The van der Waals surface area contributed by atoms with Gasteiger partial charge in [-0.3, -0.25) is 14.6 Å².